The van der Waals surface area contributed by atoms with Gasteiger partial charge in [0.2, 0.25) is 0 Å². The summed E-state index contributed by atoms with van der Waals surface area (Å²) in [6, 6.07) is 3.20. The van der Waals surface area contributed by atoms with Crippen molar-refractivity contribution in [3.8, 4) is 0 Å². The Balaban J connectivity index is 1.90. The first-order chi connectivity index (χ1) is 12.4. The molecule has 0 aliphatic rings. The average molecular weight is 379 g/mol. The number of hydrogen-bond donors (Lipinski definition) is 1. The summed E-state index contributed by atoms with van der Waals surface area (Å²) in [6.07, 6.45) is 6.23. The minimum Gasteiger partial charge on any atom is -0.382 e. The molecule has 1 aromatic carbocycles. The predicted octanol–water partition coefficient (Wildman–Crippen LogP) is 2.50. The van der Waals surface area contributed by atoms with Gasteiger partial charge < -0.3 is 9.67 Å². The van der Waals surface area contributed by atoms with Gasteiger partial charge in [-0.15, -0.1) is 11.8 Å². The molecule has 138 valence electrons. The molecule has 0 amide bonds. The van der Waals surface area contributed by atoms with Gasteiger partial charge in [-0.2, -0.15) is 5.10 Å². The van der Waals surface area contributed by atoms with Gasteiger partial charge in [-0.1, -0.05) is 13.0 Å². The van der Waals surface area contributed by atoms with Gasteiger partial charge in [-0.3, -0.25) is 0 Å². The largest absolute Gasteiger partial charge is 0.382 e. The van der Waals surface area contributed by atoms with E-state index in [9.17, 15) is 13.9 Å². The monoisotopic (exact) mass is 379 g/mol. The maximum Gasteiger partial charge on any atom is 0.137 e. The smallest absolute Gasteiger partial charge is 0.137 e. The topological polar surface area (TPSA) is 68.8 Å². The molecule has 0 radical (unpaired) electrons. The zero-order chi connectivity index (χ0) is 18.7. The number of hydrogen-bond acceptors (Lipinski definition) is 5. The first-order valence-electron chi connectivity index (χ1n) is 7.97. The lowest BCUT2D eigenvalue weighted by Crippen LogP contribution is -2.41. The van der Waals surface area contributed by atoms with E-state index < -0.39 is 22.5 Å². The number of rotatable bonds is 7. The van der Waals surface area contributed by atoms with E-state index in [-0.39, 0.29) is 12.1 Å². The van der Waals surface area contributed by atoms with Crippen LogP contribution >= 0.6 is 11.8 Å². The van der Waals surface area contributed by atoms with Crippen molar-refractivity contribution in [2.45, 2.75) is 30.1 Å². The molecule has 2 atom stereocenters. The lowest BCUT2D eigenvalue weighted by molar-refractivity contribution is 0.0133. The molecule has 3 aromatic rings. The highest BCUT2D eigenvalue weighted by Crippen LogP contribution is 2.37. The lowest BCUT2D eigenvalue weighted by Gasteiger charge is -2.34. The maximum absolute atomic E-state index is 14.4. The third kappa shape index (κ3) is 3.78. The van der Waals surface area contributed by atoms with Gasteiger partial charge in [-0.05, 0) is 6.07 Å². The number of aliphatic hydroxyl groups is 1. The van der Waals surface area contributed by atoms with Gasteiger partial charge in [0, 0.05) is 41.6 Å². The summed E-state index contributed by atoms with van der Waals surface area (Å²) in [4.78, 5) is 7.93. The van der Waals surface area contributed by atoms with Crippen LogP contribution in [0.5, 0.6) is 0 Å². The fourth-order valence-electron chi connectivity index (χ4n) is 2.71. The molecule has 9 heteroatoms. The molecule has 2 heterocycles. The van der Waals surface area contributed by atoms with E-state index in [2.05, 4.69) is 15.1 Å². The molecule has 0 fully saturated rings. The van der Waals surface area contributed by atoms with Crippen molar-refractivity contribution in [1.82, 2.24) is 24.3 Å². The zero-order valence-corrected chi connectivity index (χ0v) is 15.2. The van der Waals surface area contributed by atoms with Crippen molar-refractivity contribution in [1.29, 1.82) is 0 Å². The molecular weight excluding hydrogens is 360 g/mol. The normalized spacial score (nSPS) is 15.0. The molecule has 1 N–H and O–H groups in total. The van der Waals surface area contributed by atoms with E-state index in [1.807, 2.05) is 11.6 Å². The van der Waals surface area contributed by atoms with Gasteiger partial charge in [0.05, 0.1) is 12.9 Å². The van der Waals surface area contributed by atoms with Gasteiger partial charge in [-0.25, -0.2) is 23.4 Å². The average Bonchev–Trinajstić information content (AvgIpc) is 3.24. The molecule has 0 aliphatic heterocycles. The Morgan fingerprint density at radius 3 is 2.69 bits per heavy atom. The van der Waals surface area contributed by atoms with Gasteiger partial charge in [0.15, 0.2) is 0 Å². The third-order valence-electron chi connectivity index (χ3n) is 4.34. The van der Waals surface area contributed by atoms with E-state index >= 15 is 0 Å². The van der Waals surface area contributed by atoms with Crippen molar-refractivity contribution in [2.75, 3.05) is 0 Å². The zero-order valence-electron chi connectivity index (χ0n) is 14.4. The van der Waals surface area contributed by atoms with E-state index in [1.165, 1.54) is 35.2 Å². The molecule has 0 saturated heterocycles. The number of thioether (sulfide) groups is 1. The van der Waals surface area contributed by atoms with Gasteiger partial charge >= 0.3 is 0 Å². The number of benzene rings is 1. The minimum atomic E-state index is -1.60. The number of nitrogens with zero attached hydrogens (tertiary/aromatic N) is 5. The molecular formula is C17H19F2N5OS. The Morgan fingerprint density at radius 1 is 1.27 bits per heavy atom. The first kappa shape index (κ1) is 18.5. The van der Waals surface area contributed by atoms with Crippen LogP contribution in [0.2, 0.25) is 0 Å². The van der Waals surface area contributed by atoms with Crippen LogP contribution in [0.3, 0.4) is 0 Å². The van der Waals surface area contributed by atoms with Crippen molar-refractivity contribution >= 4 is 11.8 Å². The van der Waals surface area contributed by atoms with Crippen molar-refractivity contribution < 1.29 is 13.9 Å². The van der Waals surface area contributed by atoms with Crippen molar-refractivity contribution in [3.63, 3.8) is 0 Å². The van der Waals surface area contributed by atoms with Crippen LogP contribution in [0.4, 0.5) is 8.78 Å². The summed E-state index contributed by atoms with van der Waals surface area (Å²) in [5.74, 6) is -0.898. The van der Waals surface area contributed by atoms with Crippen LogP contribution in [0.25, 0.3) is 0 Å². The fraction of sp³-hybridized carbons (Fsp3) is 0.353. The Bertz CT molecular complexity index is 870. The highest BCUT2D eigenvalue weighted by atomic mass is 32.2. The van der Waals surface area contributed by atoms with Gasteiger partial charge in [0.25, 0.3) is 0 Å². The number of aryl methyl sites for hydroxylation is 1. The summed E-state index contributed by atoms with van der Waals surface area (Å²) >= 11 is 1.45. The predicted molar refractivity (Wildman–Crippen MR) is 94.2 cm³/mol. The number of imidazole rings is 1. The second-order valence-electron chi connectivity index (χ2n) is 6.09. The van der Waals surface area contributed by atoms with Crippen LogP contribution in [0.15, 0.2) is 43.4 Å². The molecule has 6 nitrogen and oxygen atoms in total. The highest BCUT2D eigenvalue weighted by molar-refractivity contribution is 7.99. The third-order valence-corrected chi connectivity index (χ3v) is 5.69. The molecule has 2 unspecified atom stereocenters. The second kappa shape index (κ2) is 7.55. The summed E-state index contributed by atoms with van der Waals surface area (Å²) in [6.45, 7) is 1.80. The molecule has 26 heavy (non-hydrogen) atoms. The summed E-state index contributed by atoms with van der Waals surface area (Å²) in [5, 5.41) is 15.0. The summed E-state index contributed by atoms with van der Waals surface area (Å²) in [5.41, 5.74) is -0.599. The minimum absolute atomic E-state index is 0.00486. The number of halogens is 2. The molecule has 2 aromatic heterocycles. The first-order valence-corrected chi connectivity index (χ1v) is 9.02. The fourth-order valence-corrected chi connectivity index (χ4v) is 3.88. The maximum atomic E-state index is 14.4. The van der Waals surface area contributed by atoms with Crippen LogP contribution in [-0.2, 0) is 24.9 Å². The van der Waals surface area contributed by atoms with E-state index in [0.717, 1.165) is 17.8 Å². The summed E-state index contributed by atoms with van der Waals surface area (Å²) < 4.78 is 31.1. The van der Waals surface area contributed by atoms with Crippen LogP contribution < -0.4 is 0 Å². The van der Waals surface area contributed by atoms with E-state index in [4.69, 9.17) is 0 Å². The Morgan fingerprint density at radius 2 is 2.08 bits per heavy atom. The Labute approximate surface area is 153 Å². The number of aromatic nitrogens is 5. The summed E-state index contributed by atoms with van der Waals surface area (Å²) in [7, 11) is 1.88. The molecule has 0 spiro atoms. The van der Waals surface area contributed by atoms with Crippen molar-refractivity contribution in [2.24, 2.45) is 7.05 Å². The Hall–Kier alpha value is -2.26. The SMILES string of the molecule is CC(SCc1cncn1C)C(O)(Cn1cncn1)c1ccc(F)cc1F. The van der Waals surface area contributed by atoms with Crippen molar-refractivity contribution in [3.05, 3.63) is 66.3 Å². The molecule has 0 saturated carbocycles. The van der Waals surface area contributed by atoms with Crippen LogP contribution in [0.1, 0.15) is 18.2 Å². The van der Waals surface area contributed by atoms with Crippen LogP contribution in [0, 0.1) is 11.6 Å². The van der Waals surface area contributed by atoms with E-state index in [1.54, 1.807) is 19.4 Å². The highest BCUT2D eigenvalue weighted by Gasteiger charge is 2.39. The Kier molecular flexibility index (Phi) is 5.38. The molecule has 0 bridgehead atoms. The van der Waals surface area contributed by atoms with E-state index in [0.29, 0.717) is 5.75 Å². The quantitative estimate of drug-likeness (QED) is 0.683. The molecule has 3 rings (SSSR count). The van der Waals surface area contributed by atoms with Crippen LogP contribution in [-0.4, -0.2) is 34.7 Å². The molecule has 0 aliphatic carbocycles. The lowest BCUT2D eigenvalue weighted by atomic mass is 9.90. The standard InChI is InChI=1S/C17H19F2N5OS/c1-12(26-7-14-6-20-10-23(14)2)17(25,8-24-11-21-9-22-24)15-4-3-13(18)5-16(15)19/h3-6,9-12,25H,7-8H2,1-2H3. The second-order valence-corrected chi connectivity index (χ2v) is 7.42. The van der Waals surface area contributed by atoms with Gasteiger partial charge in [0.1, 0.15) is 29.9 Å².